The molecule has 0 radical (unpaired) electrons. The van der Waals surface area contributed by atoms with Crippen molar-refractivity contribution in [1.82, 2.24) is 0 Å². The van der Waals surface area contributed by atoms with Crippen LogP contribution in [0.4, 0.5) is 4.79 Å². The van der Waals surface area contributed by atoms with E-state index in [1.54, 1.807) is 0 Å². The maximum atomic E-state index is 11.2. The number of rotatable bonds is 3. The molecule has 0 aliphatic heterocycles. The van der Waals surface area contributed by atoms with Crippen LogP contribution in [0.2, 0.25) is 0 Å². The topological polar surface area (TPSA) is 35.5 Å². The number of carbonyl (C=O) groups excluding carboxylic acids is 1. The molecule has 1 unspecified atom stereocenters. The molecule has 3 heteroatoms. The minimum absolute atomic E-state index is 0.0360. The first-order chi connectivity index (χ1) is 6.72. The van der Waals surface area contributed by atoms with Gasteiger partial charge in [0.25, 0.3) is 0 Å². The fourth-order valence-electron chi connectivity index (χ4n) is 1.59. The Kier molecular flexibility index (Phi) is 4.77. The van der Waals surface area contributed by atoms with Gasteiger partial charge in [0.05, 0.1) is 0 Å². The van der Waals surface area contributed by atoms with Crippen LogP contribution >= 0.6 is 0 Å². The first kappa shape index (κ1) is 11.3. The Bertz CT molecular complexity index is 173. The van der Waals surface area contributed by atoms with Crippen LogP contribution in [-0.2, 0) is 9.47 Å². The first-order valence-corrected chi connectivity index (χ1v) is 5.59. The summed E-state index contributed by atoms with van der Waals surface area (Å²) in [4.78, 5) is 11.2. The second-order valence-electron chi connectivity index (χ2n) is 3.96. The van der Waals surface area contributed by atoms with Crippen molar-refractivity contribution in [2.24, 2.45) is 0 Å². The van der Waals surface area contributed by atoms with E-state index in [-0.39, 0.29) is 12.2 Å². The van der Waals surface area contributed by atoms with Gasteiger partial charge >= 0.3 is 6.16 Å². The van der Waals surface area contributed by atoms with Crippen LogP contribution < -0.4 is 0 Å². The zero-order valence-electron chi connectivity index (χ0n) is 9.12. The van der Waals surface area contributed by atoms with Crippen LogP contribution in [0.25, 0.3) is 0 Å². The molecule has 1 saturated carbocycles. The smallest absolute Gasteiger partial charge is 0.431 e. The fraction of sp³-hybridized carbons (Fsp3) is 0.909. The number of hydrogen-bond acceptors (Lipinski definition) is 3. The maximum absolute atomic E-state index is 11.2. The molecule has 1 fully saturated rings. The van der Waals surface area contributed by atoms with Gasteiger partial charge in [-0.15, -0.1) is 0 Å². The molecule has 0 aromatic carbocycles. The van der Waals surface area contributed by atoms with Gasteiger partial charge in [0, 0.05) is 0 Å². The average Bonchev–Trinajstić information content (AvgIpc) is 2.19. The summed E-state index contributed by atoms with van der Waals surface area (Å²) in [7, 11) is 0. The Labute approximate surface area is 85.8 Å². The molecule has 1 rings (SSSR count). The summed E-state index contributed by atoms with van der Waals surface area (Å²) in [5.41, 5.74) is 0. The quantitative estimate of drug-likeness (QED) is 0.656. The van der Waals surface area contributed by atoms with Gasteiger partial charge in [0.2, 0.25) is 0 Å². The minimum atomic E-state index is -0.494. The summed E-state index contributed by atoms with van der Waals surface area (Å²) < 4.78 is 10.2. The molecule has 0 aromatic heterocycles. The predicted molar refractivity (Wildman–Crippen MR) is 54.2 cm³/mol. The van der Waals surface area contributed by atoms with Crippen molar-refractivity contribution in [3.05, 3.63) is 0 Å². The third-order valence-electron chi connectivity index (χ3n) is 2.69. The summed E-state index contributed by atoms with van der Waals surface area (Å²) in [6, 6.07) is 0. The highest BCUT2D eigenvalue weighted by molar-refractivity contribution is 5.60. The van der Waals surface area contributed by atoms with Crippen LogP contribution in [0.3, 0.4) is 0 Å². The normalized spacial score (nSPS) is 20.1. The average molecular weight is 200 g/mol. The summed E-state index contributed by atoms with van der Waals surface area (Å²) in [5.74, 6) is 0. The van der Waals surface area contributed by atoms with E-state index in [4.69, 9.17) is 9.47 Å². The van der Waals surface area contributed by atoms with Gasteiger partial charge in [-0.3, -0.25) is 0 Å². The van der Waals surface area contributed by atoms with Crippen LogP contribution in [0, 0.1) is 0 Å². The molecule has 14 heavy (non-hydrogen) atoms. The van der Waals surface area contributed by atoms with Crippen molar-refractivity contribution in [2.75, 3.05) is 0 Å². The Hall–Kier alpha value is -0.730. The molecule has 0 saturated heterocycles. The van der Waals surface area contributed by atoms with E-state index in [0.29, 0.717) is 0 Å². The van der Waals surface area contributed by atoms with Crippen molar-refractivity contribution >= 4 is 6.16 Å². The second-order valence-corrected chi connectivity index (χ2v) is 3.96. The van der Waals surface area contributed by atoms with Gasteiger partial charge in [-0.2, -0.15) is 0 Å². The molecule has 0 aromatic rings. The lowest BCUT2D eigenvalue weighted by atomic mass is 9.98. The van der Waals surface area contributed by atoms with E-state index in [1.165, 1.54) is 19.3 Å². The molecule has 1 atom stereocenters. The van der Waals surface area contributed by atoms with Crippen LogP contribution in [0.15, 0.2) is 0 Å². The molecule has 82 valence electrons. The third-order valence-corrected chi connectivity index (χ3v) is 2.69. The van der Waals surface area contributed by atoms with Crippen LogP contribution in [-0.4, -0.2) is 18.4 Å². The molecular formula is C11H20O3. The zero-order chi connectivity index (χ0) is 10.4. The van der Waals surface area contributed by atoms with Gasteiger partial charge in [-0.25, -0.2) is 4.79 Å². The van der Waals surface area contributed by atoms with Gasteiger partial charge in [-0.1, -0.05) is 13.3 Å². The van der Waals surface area contributed by atoms with Crippen molar-refractivity contribution < 1.29 is 14.3 Å². The molecule has 0 spiro atoms. The summed E-state index contributed by atoms with van der Waals surface area (Å²) in [6.07, 6.45) is 5.99. The van der Waals surface area contributed by atoms with Crippen molar-refractivity contribution in [2.45, 2.75) is 64.6 Å². The van der Waals surface area contributed by atoms with Gasteiger partial charge < -0.3 is 9.47 Å². The summed E-state index contributed by atoms with van der Waals surface area (Å²) in [5, 5.41) is 0. The molecule has 0 heterocycles. The zero-order valence-corrected chi connectivity index (χ0v) is 9.12. The lowest BCUT2D eigenvalue weighted by Crippen LogP contribution is -2.23. The highest BCUT2D eigenvalue weighted by Gasteiger charge is 2.19. The predicted octanol–water partition coefficient (Wildman–Crippen LogP) is 3.27. The second kappa shape index (κ2) is 5.89. The minimum Gasteiger partial charge on any atom is -0.431 e. The molecule has 0 N–H and O–H groups in total. The standard InChI is InChI=1S/C11H20O3/c1-3-9(2)13-11(12)14-10-7-5-4-6-8-10/h9-10H,3-8H2,1-2H3. The first-order valence-electron chi connectivity index (χ1n) is 5.59. The van der Waals surface area contributed by atoms with Gasteiger partial charge in [-0.05, 0) is 39.0 Å². The lowest BCUT2D eigenvalue weighted by molar-refractivity contribution is -0.00749. The SMILES string of the molecule is CCC(C)OC(=O)OC1CCCCC1. The van der Waals surface area contributed by atoms with Crippen molar-refractivity contribution in [1.29, 1.82) is 0 Å². The van der Waals surface area contributed by atoms with E-state index in [1.807, 2.05) is 13.8 Å². The molecule has 1 aliphatic rings. The maximum Gasteiger partial charge on any atom is 0.508 e. The Morgan fingerprint density at radius 1 is 1.36 bits per heavy atom. The molecule has 3 nitrogen and oxygen atoms in total. The highest BCUT2D eigenvalue weighted by atomic mass is 16.7. The van der Waals surface area contributed by atoms with Crippen molar-refractivity contribution in [3.63, 3.8) is 0 Å². The Morgan fingerprint density at radius 3 is 2.57 bits per heavy atom. The van der Waals surface area contributed by atoms with Gasteiger partial charge in [0.1, 0.15) is 12.2 Å². The van der Waals surface area contributed by atoms with Crippen LogP contribution in [0.5, 0.6) is 0 Å². The molecular weight excluding hydrogens is 180 g/mol. The van der Waals surface area contributed by atoms with Gasteiger partial charge in [0.15, 0.2) is 0 Å². The molecule has 0 amide bonds. The number of ether oxygens (including phenoxy) is 2. The Morgan fingerprint density at radius 2 is 2.00 bits per heavy atom. The highest BCUT2D eigenvalue weighted by Crippen LogP contribution is 2.20. The fourth-order valence-corrected chi connectivity index (χ4v) is 1.59. The lowest BCUT2D eigenvalue weighted by Gasteiger charge is -2.22. The largest absolute Gasteiger partial charge is 0.508 e. The van der Waals surface area contributed by atoms with Crippen molar-refractivity contribution in [3.8, 4) is 0 Å². The van der Waals surface area contributed by atoms with Crippen LogP contribution in [0.1, 0.15) is 52.4 Å². The monoisotopic (exact) mass is 200 g/mol. The third kappa shape index (κ3) is 3.99. The summed E-state index contributed by atoms with van der Waals surface area (Å²) >= 11 is 0. The van der Waals surface area contributed by atoms with E-state index in [9.17, 15) is 4.79 Å². The summed E-state index contributed by atoms with van der Waals surface area (Å²) in [6.45, 7) is 3.86. The molecule has 0 bridgehead atoms. The van der Waals surface area contributed by atoms with E-state index >= 15 is 0 Å². The number of hydrogen-bond donors (Lipinski definition) is 0. The molecule has 1 aliphatic carbocycles. The van der Waals surface area contributed by atoms with E-state index < -0.39 is 6.16 Å². The Balaban J connectivity index is 2.18. The van der Waals surface area contributed by atoms with E-state index in [0.717, 1.165) is 19.3 Å². The van der Waals surface area contributed by atoms with E-state index in [2.05, 4.69) is 0 Å². The number of carbonyl (C=O) groups is 1.